The van der Waals surface area contributed by atoms with E-state index in [1.54, 1.807) is 24.3 Å². The molecule has 2 aromatic carbocycles. The molecule has 0 fully saturated rings. The number of para-hydroxylation sites is 1. The lowest BCUT2D eigenvalue weighted by atomic mass is 10.1. The first-order valence-corrected chi connectivity index (χ1v) is 9.03. The molecule has 0 heterocycles. The summed E-state index contributed by atoms with van der Waals surface area (Å²) in [6.07, 6.45) is 0.395. The third-order valence-corrected chi connectivity index (χ3v) is 5.30. The van der Waals surface area contributed by atoms with Crippen molar-refractivity contribution in [3.63, 3.8) is 0 Å². The van der Waals surface area contributed by atoms with Crippen LogP contribution in [0.1, 0.15) is 12.0 Å². The van der Waals surface area contributed by atoms with Gasteiger partial charge in [-0.1, -0.05) is 24.3 Å². The van der Waals surface area contributed by atoms with Gasteiger partial charge in [-0.2, -0.15) is 0 Å². The Morgan fingerprint density at radius 1 is 1.09 bits per heavy atom. The molecule has 0 aliphatic carbocycles. The average molecular weight is 431 g/mol. The largest absolute Gasteiger partial charge is 0.481 e. The summed E-state index contributed by atoms with van der Waals surface area (Å²) in [5, 5.41) is 8.64. The zero-order valence-electron chi connectivity index (χ0n) is 11.5. The Hall–Kier alpha value is -1.61. The molecule has 0 spiro atoms. The fourth-order valence-electron chi connectivity index (χ4n) is 1.83. The van der Waals surface area contributed by atoms with Crippen LogP contribution in [0.3, 0.4) is 0 Å². The van der Waals surface area contributed by atoms with Gasteiger partial charge in [-0.3, -0.25) is 9.52 Å². The van der Waals surface area contributed by atoms with Gasteiger partial charge in [0.2, 0.25) is 0 Å². The molecule has 2 aromatic rings. The number of carbonyl (C=O) groups is 1. The number of hydrogen-bond donors (Lipinski definition) is 2. The summed E-state index contributed by atoms with van der Waals surface area (Å²) in [7, 11) is -3.65. The number of rotatable bonds is 6. The van der Waals surface area contributed by atoms with Gasteiger partial charge in [-0.15, -0.1) is 0 Å². The lowest BCUT2D eigenvalue weighted by molar-refractivity contribution is -0.136. The van der Waals surface area contributed by atoms with Crippen LogP contribution in [-0.2, 0) is 21.2 Å². The van der Waals surface area contributed by atoms with Crippen LogP contribution >= 0.6 is 22.6 Å². The summed E-state index contributed by atoms with van der Waals surface area (Å²) in [6, 6.07) is 13.3. The Kier molecular flexibility index (Phi) is 5.41. The predicted octanol–water partition coefficient (Wildman–Crippen LogP) is 3.11. The number of carboxylic acids is 1. The Bertz CT molecular complexity index is 772. The van der Waals surface area contributed by atoms with Gasteiger partial charge >= 0.3 is 5.97 Å². The van der Waals surface area contributed by atoms with Gasteiger partial charge < -0.3 is 5.11 Å². The van der Waals surface area contributed by atoms with E-state index in [1.165, 1.54) is 12.1 Å². The van der Waals surface area contributed by atoms with E-state index >= 15 is 0 Å². The third kappa shape index (κ3) is 4.44. The van der Waals surface area contributed by atoms with E-state index in [2.05, 4.69) is 27.3 Å². The van der Waals surface area contributed by atoms with E-state index in [9.17, 15) is 13.2 Å². The van der Waals surface area contributed by atoms with E-state index in [0.29, 0.717) is 12.1 Å². The zero-order valence-corrected chi connectivity index (χ0v) is 14.5. The van der Waals surface area contributed by atoms with Crippen LogP contribution in [0, 0.1) is 3.57 Å². The first kappa shape index (κ1) is 16.8. The summed E-state index contributed by atoms with van der Waals surface area (Å²) < 4.78 is 28.0. The van der Waals surface area contributed by atoms with E-state index in [4.69, 9.17) is 5.11 Å². The monoisotopic (exact) mass is 431 g/mol. The summed E-state index contributed by atoms with van der Waals surface area (Å²) >= 11 is 2.06. The minimum Gasteiger partial charge on any atom is -0.481 e. The van der Waals surface area contributed by atoms with Gasteiger partial charge in [0, 0.05) is 9.99 Å². The highest BCUT2D eigenvalue weighted by molar-refractivity contribution is 14.1. The van der Waals surface area contributed by atoms with Crippen LogP contribution in [0.15, 0.2) is 53.4 Å². The molecule has 0 bridgehead atoms. The van der Waals surface area contributed by atoms with Crippen LogP contribution in [-0.4, -0.2) is 19.5 Å². The molecule has 7 heteroatoms. The lowest BCUT2D eigenvalue weighted by Gasteiger charge is -2.10. The van der Waals surface area contributed by atoms with Crippen molar-refractivity contribution >= 4 is 44.3 Å². The summed E-state index contributed by atoms with van der Waals surface area (Å²) in [4.78, 5) is 10.7. The number of aryl methyl sites for hydroxylation is 1. The maximum absolute atomic E-state index is 12.3. The Balaban J connectivity index is 2.16. The molecule has 0 saturated heterocycles. The van der Waals surface area contributed by atoms with Gasteiger partial charge in [0.1, 0.15) is 0 Å². The van der Waals surface area contributed by atoms with Crippen molar-refractivity contribution in [3.05, 3.63) is 57.7 Å². The van der Waals surface area contributed by atoms with E-state index in [-0.39, 0.29) is 11.3 Å². The molecule has 0 amide bonds. The highest BCUT2D eigenvalue weighted by atomic mass is 127. The molecule has 0 radical (unpaired) electrons. The standard InChI is InChI=1S/C15H14INO4S/c16-13-3-1-2-4-14(13)17-22(20,21)12-8-5-11(6-9-12)7-10-15(18)19/h1-6,8-9,17H,7,10H2,(H,18,19). The molecule has 5 nitrogen and oxygen atoms in total. The maximum atomic E-state index is 12.3. The smallest absolute Gasteiger partial charge is 0.303 e. The maximum Gasteiger partial charge on any atom is 0.303 e. The van der Waals surface area contributed by atoms with Crippen molar-refractivity contribution in [2.24, 2.45) is 0 Å². The van der Waals surface area contributed by atoms with Gasteiger partial charge in [0.25, 0.3) is 10.0 Å². The van der Waals surface area contributed by atoms with E-state index in [1.807, 2.05) is 12.1 Å². The van der Waals surface area contributed by atoms with Crippen molar-refractivity contribution < 1.29 is 18.3 Å². The molecule has 22 heavy (non-hydrogen) atoms. The molecule has 116 valence electrons. The minimum atomic E-state index is -3.65. The normalized spacial score (nSPS) is 11.1. The fourth-order valence-corrected chi connectivity index (χ4v) is 3.62. The van der Waals surface area contributed by atoms with Crippen molar-refractivity contribution in [2.75, 3.05) is 4.72 Å². The van der Waals surface area contributed by atoms with Crippen LogP contribution in [0.4, 0.5) is 5.69 Å². The highest BCUT2D eigenvalue weighted by Gasteiger charge is 2.15. The quantitative estimate of drug-likeness (QED) is 0.689. The highest BCUT2D eigenvalue weighted by Crippen LogP contribution is 2.21. The Labute approximate surface area is 142 Å². The topological polar surface area (TPSA) is 83.5 Å². The van der Waals surface area contributed by atoms with Gasteiger partial charge in [-0.05, 0) is 58.8 Å². The first-order chi connectivity index (χ1) is 10.4. The number of anilines is 1. The van der Waals surface area contributed by atoms with E-state index in [0.717, 1.165) is 9.13 Å². The minimum absolute atomic E-state index is 0.0204. The van der Waals surface area contributed by atoms with Crippen LogP contribution in [0.5, 0.6) is 0 Å². The fraction of sp³-hybridized carbons (Fsp3) is 0.133. The summed E-state index contributed by atoms with van der Waals surface area (Å²) in [5.74, 6) is -0.878. The van der Waals surface area contributed by atoms with Crippen molar-refractivity contribution in [1.29, 1.82) is 0 Å². The molecular weight excluding hydrogens is 417 g/mol. The van der Waals surface area contributed by atoms with Crippen LogP contribution in [0.25, 0.3) is 0 Å². The van der Waals surface area contributed by atoms with Gasteiger partial charge in [0.15, 0.2) is 0 Å². The third-order valence-electron chi connectivity index (χ3n) is 2.98. The van der Waals surface area contributed by atoms with E-state index < -0.39 is 16.0 Å². The Morgan fingerprint density at radius 3 is 2.32 bits per heavy atom. The number of hydrogen-bond acceptors (Lipinski definition) is 3. The molecule has 2 rings (SSSR count). The average Bonchev–Trinajstić information content (AvgIpc) is 2.48. The van der Waals surface area contributed by atoms with Crippen molar-refractivity contribution in [2.45, 2.75) is 17.7 Å². The van der Waals surface area contributed by atoms with Crippen molar-refractivity contribution in [3.8, 4) is 0 Å². The number of benzene rings is 2. The molecule has 0 saturated carbocycles. The molecule has 0 aromatic heterocycles. The molecule has 0 atom stereocenters. The second-order valence-electron chi connectivity index (χ2n) is 4.62. The number of aliphatic carboxylic acids is 1. The molecule has 0 aliphatic heterocycles. The molecule has 0 aliphatic rings. The van der Waals surface area contributed by atoms with Gasteiger partial charge in [-0.25, -0.2) is 8.42 Å². The number of halogens is 1. The number of nitrogens with one attached hydrogen (secondary N) is 1. The second-order valence-corrected chi connectivity index (χ2v) is 7.47. The summed E-state index contributed by atoms with van der Waals surface area (Å²) in [5.41, 5.74) is 1.31. The van der Waals surface area contributed by atoms with Gasteiger partial charge in [0.05, 0.1) is 10.6 Å². The predicted molar refractivity (Wildman–Crippen MR) is 92.4 cm³/mol. The van der Waals surface area contributed by atoms with Crippen molar-refractivity contribution in [1.82, 2.24) is 0 Å². The molecule has 2 N–H and O–H groups in total. The number of carboxylic acid groups (broad SMARTS) is 1. The number of sulfonamides is 1. The van der Waals surface area contributed by atoms with Crippen LogP contribution in [0.2, 0.25) is 0 Å². The SMILES string of the molecule is O=C(O)CCc1ccc(S(=O)(=O)Nc2ccccc2I)cc1. The van der Waals surface area contributed by atoms with Crippen LogP contribution < -0.4 is 4.72 Å². The molecular formula is C15H14INO4S. The lowest BCUT2D eigenvalue weighted by Crippen LogP contribution is -2.13. The Morgan fingerprint density at radius 2 is 1.73 bits per heavy atom. The molecule has 0 unspecified atom stereocenters. The summed E-state index contributed by atoms with van der Waals surface area (Å²) in [6.45, 7) is 0. The first-order valence-electron chi connectivity index (χ1n) is 6.46. The second kappa shape index (κ2) is 7.10. The zero-order chi connectivity index (χ0) is 16.2.